The molecule has 146 valence electrons. The number of aromatic nitrogens is 3. The molecule has 3 aliphatic rings. The summed E-state index contributed by atoms with van der Waals surface area (Å²) in [5.74, 6) is -0.368. The van der Waals surface area contributed by atoms with Gasteiger partial charge in [-0.1, -0.05) is 0 Å². The van der Waals surface area contributed by atoms with E-state index in [1.165, 1.54) is 12.3 Å². The zero-order valence-corrected chi connectivity index (χ0v) is 15.5. The summed E-state index contributed by atoms with van der Waals surface area (Å²) in [6.45, 7) is 1.68. The molecule has 0 unspecified atom stereocenters. The molecule has 2 aliphatic heterocycles. The van der Waals surface area contributed by atoms with Crippen LogP contribution in [0.15, 0.2) is 24.8 Å². The highest BCUT2D eigenvalue weighted by molar-refractivity contribution is 5.94. The lowest BCUT2D eigenvalue weighted by molar-refractivity contribution is -0.143. The second-order valence-electron chi connectivity index (χ2n) is 7.96. The Morgan fingerprint density at radius 1 is 1.18 bits per heavy atom. The summed E-state index contributed by atoms with van der Waals surface area (Å²) in [4.78, 5) is 41.1. The van der Waals surface area contributed by atoms with Crippen LogP contribution >= 0.6 is 0 Å². The van der Waals surface area contributed by atoms with Gasteiger partial charge in [0.15, 0.2) is 0 Å². The van der Waals surface area contributed by atoms with Gasteiger partial charge in [0.05, 0.1) is 29.3 Å². The Bertz CT molecular complexity index is 930. The number of halogens is 1. The molecule has 2 fully saturated rings. The number of carbonyl (C=O) groups excluding carboxylic acids is 2. The standard InChI is InChI=1S/C20H22FN5O2/c21-15-9-14(10-22-11-15)18(27)25-7-4-20(5-8-25)17-16(23-12-24-17)3-6-26(20)19(28)13-1-2-13/h9-13H,1-8H2,(H,23,24). The van der Waals surface area contributed by atoms with Gasteiger partial charge in [-0.15, -0.1) is 0 Å². The molecule has 4 heterocycles. The second kappa shape index (κ2) is 6.39. The molecule has 1 spiro atoms. The smallest absolute Gasteiger partial charge is 0.255 e. The summed E-state index contributed by atoms with van der Waals surface area (Å²) in [5, 5.41) is 0. The molecule has 28 heavy (non-hydrogen) atoms. The van der Waals surface area contributed by atoms with E-state index >= 15 is 0 Å². The van der Waals surface area contributed by atoms with Crippen molar-refractivity contribution >= 4 is 11.8 Å². The lowest BCUT2D eigenvalue weighted by atomic mass is 9.78. The number of rotatable bonds is 2. The fourth-order valence-electron chi connectivity index (χ4n) is 4.65. The molecule has 0 aromatic carbocycles. The summed E-state index contributed by atoms with van der Waals surface area (Å²) >= 11 is 0. The Kier molecular flexibility index (Phi) is 3.96. The van der Waals surface area contributed by atoms with E-state index in [9.17, 15) is 14.0 Å². The average molecular weight is 383 g/mol. The minimum absolute atomic E-state index is 0.149. The molecule has 2 amide bonds. The molecule has 1 N–H and O–H groups in total. The number of piperidine rings is 1. The third-order valence-corrected chi connectivity index (χ3v) is 6.28. The van der Waals surface area contributed by atoms with E-state index in [4.69, 9.17) is 0 Å². The number of H-pyrrole nitrogens is 1. The summed E-state index contributed by atoms with van der Waals surface area (Å²) in [6, 6.07) is 1.22. The Labute approximate surface area is 162 Å². The molecule has 2 aromatic heterocycles. The first-order valence-electron chi connectivity index (χ1n) is 9.82. The van der Waals surface area contributed by atoms with Crippen LogP contribution in [0.2, 0.25) is 0 Å². The SMILES string of the molecule is O=C(c1cncc(F)c1)N1CCC2(CC1)c1nc[nH]c1CCN2C(=O)C1CC1. The van der Waals surface area contributed by atoms with Crippen LogP contribution in [-0.2, 0) is 16.8 Å². The van der Waals surface area contributed by atoms with Crippen LogP contribution in [0.4, 0.5) is 4.39 Å². The Balaban J connectivity index is 1.41. The third-order valence-electron chi connectivity index (χ3n) is 6.28. The maximum Gasteiger partial charge on any atom is 0.255 e. The van der Waals surface area contributed by atoms with Gasteiger partial charge in [-0.25, -0.2) is 9.37 Å². The normalized spacial score (nSPS) is 20.9. The zero-order valence-electron chi connectivity index (χ0n) is 15.5. The van der Waals surface area contributed by atoms with Crippen LogP contribution in [0.1, 0.15) is 47.4 Å². The van der Waals surface area contributed by atoms with E-state index in [2.05, 4.69) is 15.0 Å². The van der Waals surface area contributed by atoms with E-state index < -0.39 is 11.4 Å². The van der Waals surface area contributed by atoms with E-state index in [-0.39, 0.29) is 23.3 Å². The quantitative estimate of drug-likeness (QED) is 0.858. The molecule has 8 heteroatoms. The monoisotopic (exact) mass is 383 g/mol. The second-order valence-corrected chi connectivity index (χ2v) is 7.96. The first kappa shape index (κ1) is 17.3. The number of likely N-dealkylation sites (tertiary alicyclic amines) is 1. The minimum Gasteiger partial charge on any atom is -0.348 e. The number of nitrogens with zero attached hydrogens (tertiary/aromatic N) is 4. The first-order chi connectivity index (χ1) is 13.6. The molecule has 5 rings (SSSR count). The number of hydrogen-bond donors (Lipinski definition) is 1. The van der Waals surface area contributed by atoms with Crippen LogP contribution in [0.5, 0.6) is 0 Å². The van der Waals surface area contributed by atoms with E-state index in [1.54, 1.807) is 11.2 Å². The van der Waals surface area contributed by atoms with Gasteiger partial charge in [-0.3, -0.25) is 14.6 Å². The maximum absolute atomic E-state index is 13.4. The number of nitrogens with one attached hydrogen (secondary N) is 1. The molecule has 0 atom stereocenters. The van der Waals surface area contributed by atoms with Crippen LogP contribution in [-0.4, -0.2) is 56.2 Å². The average Bonchev–Trinajstić information content (AvgIpc) is 3.45. The summed E-state index contributed by atoms with van der Waals surface area (Å²) in [6.07, 6.45) is 8.18. The van der Waals surface area contributed by atoms with E-state index in [1.807, 2.05) is 4.90 Å². The highest BCUT2D eigenvalue weighted by atomic mass is 19.1. The number of amides is 2. The first-order valence-corrected chi connectivity index (χ1v) is 9.82. The summed E-state index contributed by atoms with van der Waals surface area (Å²) in [7, 11) is 0. The predicted molar refractivity (Wildman–Crippen MR) is 97.7 cm³/mol. The van der Waals surface area contributed by atoms with Crippen molar-refractivity contribution in [3.05, 3.63) is 47.6 Å². The van der Waals surface area contributed by atoms with Crippen molar-refractivity contribution in [2.75, 3.05) is 19.6 Å². The molecule has 0 radical (unpaired) electrons. The summed E-state index contributed by atoms with van der Waals surface area (Å²) < 4.78 is 13.4. The lowest BCUT2D eigenvalue weighted by Gasteiger charge is -2.50. The molecule has 7 nitrogen and oxygen atoms in total. The van der Waals surface area contributed by atoms with Crippen molar-refractivity contribution in [1.29, 1.82) is 0 Å². The molecule has 0 bridgehead atoms. The van der Waals surface area contributed by atoms with E-state index in [0.717, 1.165) is 36.8 Å². The largest absolute Gasteiger partial charge is 0.348 e. The van der Waals surface area contributed by atoms with Crippen LogP contribution in [0, 0.1) is 11.7 Å². The Morgan fingerprint density at radius 3 is 2.68 bits per heavy atom. The Morgan fingerprint density at radius 2 is 1.96 bits per heavy atom. The Hall–Kier alpha value is -2.77. The van der Waals surface area contributed by atoms with Gasteiger partial charge in [0, 0.05) is 43.9 Å². The van der Waals surface area contributed by atoms with Gasteiger partial charge in [-0.2, -0.15) is 0 Å². The third kappa shape index (κ3) is 2.70. The highest BCUT2D eigenvalue weighted by Crippen LogP contribution is 2.45. The number of aromatic amines is 1. The lowest BCUT2D eigenvalue weighted by Crippen LogP contribution is -2.59. The van der Waals surface area contributed by atoms with Crippen molar-refractivity contribution in [2.24, 2.45) is 5.92 Å². The van der Waals surface area contributed by atoms with Gasteiger partial charge in [0.2, 0.25) is 5.91 Å². The molecular formula is C20H22FN5O2. The van der Waals surface area contributed by atoms with Gasteiger partial charge < -0.3 is 14.8 Å². The molecular weight excluding hydrogens is 361 g/mol. The van der Waals surface area contributed by atoms with Gasteiger partial charge in [0.1, 0.15) is 5.82 Å². The highest BCUT2D eigenvalue weighted by Gasteiger charge is 2.51. The fraction of sp³-hybridized carbons (Fsp3) is 0.500. The number of pyridine rings is 1. The number of carbonyl (C=O) groups is 2. The van der Waals surface area contributed by atoms with Crippen molar-refractivity contribution in [1.82, 2.24) is 24.8 Å². The van der Waals surface area contributed by atoms with Crippen molar-refractivity contribution in [3.63, 3.8) is 0 Å². The van der Waals surface area contributed by atoms with Crippen molar-refractivity contribution in [2.45, 2.75) is 37.6 Å². The topological polar surface area (TPSA) is 82.2 Å². The van der Waals surface area contributed by atoms with E-state index in [0.29, 0.717) is 32.5 Å². The van der Waals surface area contributed by atoms with Crippen molar-refractivity contribution in [3.8, 4) is 0 Å². The number of imidazole rings is 1. The molecule has 1 aliphatic carbocycles. The molecule has 1 saturated heterocycles. The zero-order chi connectivity index (χ0) is 19.3. The number of fused-ring (bicyclic) bond motifs is 2. The minimum atomic E-state index is -0.519. The fourth-order valence-corrected chi connectivity index (χ4v) is 4.65. The van der Waals surface area contributed by atoms with Crippen LogP contribution < -0.4 is 0 Å². The maximum atomic E-state index is 13.4. The van der Waals surface area contributed by atoms with Crippen LogP contribution in [0.25, 0.3) is 0 Å². The molecule has 1 saturated carbocycles. The summed E-state index contributed by atoms with van der Waals surface area (Å²) in [5.41, 5.74) is 1.84. The van der Waals surface area contributed by atoms with Crippen LogP contribution in [0.3, 0.4) is 0 Å². The van der Waals surface area contributed by atoms with Gasteiger partial charge >= 0.3 is 0 Å². The van der Waals surface area contributed by atoms with Gasteiger partial charge in [0.25, 0.3) is 5.91 Å². The molecule has 2 aromatic rings. The van der Waals surface area contributed by atoms with Gasteiger partial charge in [-0.05, 0) is 31.7 Å². The van der Waals surface area contributed by atoms with Crippen molar-refractivity contribution < 1.29 is 14.0 Å². The number of hydrogen-bond acceptors (Lipinski definition) is 4. The predicted octanol–water partition coefficient (Wildman–Crippen LogP) is 1.87.